The zero-order chi connectivity index (χ0) is 15.4. The van der Waals surface area contributed by atoms with Gasteiger partial charge in [-0.15, -0.1) is 0 Å². The number of sulfonamides is 1. The fraction of sp³-hybridized carbons (Fsp3) is 0.462. The van der Waals surface area contributed by atoms with Crippen molar-refractivity contribution in [2.24, 2.45) is 0 Å². The lowest BCUT2D eigenvalue weighted by molar-refractivity contribution is -0.121. The van der Waals surface area contributed by atoms with Gasteiger partial charge in [-0.05, 0) is 45.0 Å². The van der Waals surface area contributed by atoms with Gasteiger partial charge in [0.15, 0.2) is 0 Å². The third-order valence-corrected chi connectivity index (χ3v) is 3.72. The van der Waals surface area contributed by atoms with Crippen LogP contribution in [0.1, 0.15) is 20.8 Å². The Labute approximate surface area is 119 Å². The molecule has 0 aliphatic rings. The summed E-state index contributed by atoms with van der Waals surface area (Å²) in [7, 11) is -2.20. The quantitative estimate of drug-likeness (QED) is 0.845. The number of nitrogens with one attached hydrogen (secondary N) is 2. The second kappa shape index (κ2) is 6.23. The summed E-state index contributed by atoms with van der Waals surface area (Å²) >= 11 is 0. The number of carbonyl (C=O) groups excluding carboxylic acids is 1. The minimum absolute atomic E-state index is 0.0851. The van der Waals surface area contributed by atoms with E-state index in [9.17, 15) is 13.2 Å². The highest BCUT2D eigenvalue weighted by atomic mass is 32.2. The van der Waals surface area contributed by atoms with Gasteiger partial charge in [0, 0.05) is 5.54 Å². The van der Waals surface area contributed by atoms with Crippen molar-refractivity contribution in [3.63, 3.8) is 0 Å². The molecule has 0 spiro atoms. The molecule has 0 fully saturated rings. The molecule has 0 bridgehead atoms. The van der Waals surface area contributed by atoms with E-state index in [-0.39, 0.29) is 17.3 Å². The molecule has 7 heteroatoms. The van der Waals surface area contributed by atoms with E-state index in [4.69, 9.17) is 4.74 Å². The van der Waals surface area contributed by atoms with E-state index in [1.807, 2.05) is 20.8 Å². The molecule has 0 aromatic heterocycles. The van der Waals surface area contributed by atoms with E-state index in [1.54, 1.807) is 12.1 Å². The lowest BCUT2D eigenvalue weighted by Crippen LogP contribution is -2.45. The zero-order valence-electron chi connectivity index (χ0n) is 12.1. The van der Waals surface area contributed by atoms with Crippen LogP contribution in [0.4, 0.5) is 0 Å². The summed E-state index contributed by atoms with van der Waals surface area (Å²) in [6.07, 6.45) is 0. The van der Waals surface area contributed by atoms with E-state index in [0.29, 0.717) is 5.75 Å². The molecule has 1 amide bonds. The van der Waals surface area contributed by atoms with E-state index in [2.05, 4.69) is 10.0 Å². The molecule has 0 heterocycles. The Morgan fingerprint density at radius 3 is 2.20 bits per heavy atom. The van der Waals surface area contributed by atoms with Crippen molar-refractivity contribution in [2.75, 3.05) is 13.7 Å². The highest BCUT2D eigenvalue weighted by Gasteiger charge is 2.18. The molecule has 0 radical (unpaired) electrons. The molecule has 0 atom stereocenters. The van der Waals surface area contributed by atoms with Crippen LogP contribution in [0.5, 0.6) is 5.75 Å². The molecular formula is C13H20N2O4S. The molecular weight excluding hydrogens is 280 g/mol. The number of carbonyl (C=O) groups is 1. The number of amides is 1. The van der Waals surface area contributed by atoms with Gasteiger partial charge in [-0.3, -0.25) is 4.79 Å². The number of benzene rings is 1. The molecule has 1 rings (SSSR count). The van der Waals surface area contributed by atoms with Crippen LogP contribution in [0, 0.1) is 0 Å². The summed E-state index contributed by atoms with van der Waals surface area (Å²) < 4.78 is 31.1. The van der Waals surface area contributed by atoms with Gasteiger partial charge in [-0.2, -0.15) is 0 Å². The van der Waals surface area contributed by atoms with Crippen molar-refractivity contribution in [3.05, 3.63) is 24.3 Å². The molecule has 6 nitrogen and oxygen atoms in total. The van der Waals surface area contributed by atoms with Gasteiger partial charge in [0.1, 0.15) is 5.75 Å². The second-order valence-corrected chi connectivity index (χ2v) is 7.07. The average molecular weight is 300 g/mol. The first kappa shape index (κ1) is 16.5. The standard InChI is InChI=1S/C13H20N2O4S/c1-13(2,3)15-12(16)9-14-20(17,18)11-7-5-10(19-4)6-8-11/h5-8,14H,9H2,1-4H3,(H,15,16). The van der Waals surface area contributed by atoms with Crippen molar-refractivity contribution >= 4 is 15.9 Å². The van der Waals surface area contributed by atoms with Gasteiger partial charge in [0.05, 0.1) is 18.6 Å². The first-order chi connectivity index (χ1) is 9.14. The highest BCUT2D eigenvalue weighted by Crippen LogP contribution is 2.15. The zero-order valence-corrected chi connectivity index (χ0v) is 12.9. The average Bonchev–Trinajstić information content (AvgIpc) is 2.35. The lowest BCUT2D eigenvalue weighted by Gasteiger charge is -2.20. The third kappa shape index (κ3) is 5.18. The fourth-order valence-electron chi connectivity index (χ4n) is 1.46. The molecule has 1 aromatic carbocycles. The van der Waals surface area contributed by atoms with Gasteiger partial charge in [-0.25, -0.2) is 13.1 Å². The van der Waals surface area contributed by atoms with E-state index in [1.165, 1.54) is 19.2 Å². The Balaban J connectivity index is 2.68. The van der Waals surface area contributed by atoms with Crippen LogP contribution in [0.15, 0.2) is 29.2 Å². The molecule has 0 aliphatic heterocycles. The van der Waals surface area contributed by atoms with Crippen molar-refractivity contribution in [2.45, 2.75) is 31.2 Å². The maximum atomic E-state index is 12.0. The predicted octanol–water partition coefficient (Wildman–Crippen LogP) is 0.888. The van der Waals surface area contributed by atoms with Gasteiger partial charge in [0.25, 0.3) is 0 Å². The fourth-order valence-corrected chi connectivity index (χ4v) is 2.44. The molecule has 112 valence electrons. The number of hydrogen-bond donors (Lipinski definition) is 2. The van der Waals surface area contributed by atoms with Gasteiger partial charge >= 0.3 is 0 Å². The molecule has 20 heavy (non-hydrogen) atoms. The predicted molar refractivity (Wildman–Crippen MR) is 76.1 cm³/mol. The van der Waals surface area contributed by atoms with E-state index >= 15 is 0 Å². The van der Waals surface area contributed by atoms with Crippen molar-refractivity contribution in [3.8, 4) is 5.75 Å². The van der Waals surface area contributed by atoms with Crippen LogP contribution in [0.25, 0.3) is 0 Å². The summed E-state index contributed by atoms with van der Waals surface area (Å²) in [5.74, 6) is 0.184. The third-order valence-electron chi connectivity index (χ3n) is 2.31. The van der Waals surface area contributed by atoms with Crippen LogP contribution in [-0.4, -0.2) is 33.5 Å². The monoisotopic (exact) mass is 300 g/mol. The Kier molecular flexibility index (Phi) is 5.13. The first-order valence-electron chi connectivity index (χ1n) is 6.09. The minimum Gasteiger partial charge on any atom is -0.497 e. The molecule has 0 saturated carbocycles. The normalized spacial score (nSPS) is 12.0. The summed E-state index contributed by atoms with van der Waals surface area (Å²) in [5.41, 5.74) is -0.400. The second-order valence-electron chi connectivity index (χ2n) is 5.30. The largest absolute Gasteiger partial charge is 0.497 e. The SMILES string of the molecule is COc1ccc(S(=O)(=O)NCC(=O)NC(C)(C)C)cc1. The van der Waals surface area contributed by atoms with Crippen molar-refractivity contribution in [1.29, 1.82) is 0 Å². The number of methoxy groups -OCH3 is 1. The summed E-state index contributed by atoms with van der Waals surface area (Å²) in [4.78, 5) is 11.7. The van der Waals surface area contributed by atoms with Gasteiger partial charge in [0.2, 0.25) is 15.9 Å². The van der Waals surface area contributed by atoms with Gasteiger partial charge in [-0.1, -0.05) is 0 Å². The number of hydrogen-bond acceptors (Lipinski definition) is 4. The van der Waals surface area contributed by atoms with Crippen LogP contribution in [-0.2, 0) is 14.8 Å². The molecule has 2 N–H and O–H groups in total. The van der Waals surface area contributed by atoms with Crippen LogP contribution < -0.4 is 14.8 Å². The maximum Gasteiger partial charge on any atom is 0.241 e. The molecule has 0 aliphatic carbocycles. The van der Waals surface area contributed by atoms with E-state index < -0.39 is 15.6 Å². The summed E-state index contributed by atoms with van der Waals surface area (Å²) in [5, 5.41) is 2.68. The molecule has 0 unspecified atom stereocenters. The Morgan fingerprint density at radius 2 is 1.75 bits per heavy atom. The van der Waals surface area contributed by atoms with Crippen molar-refractivity contribution in [1.82, 2.24) is 10.0 Å². The first-order valence-corrected chi connectivity index (χ1v) is 7.57. The molecule has 1 aromatic rings. The van der Waals surface area contributed by atoms with E-state index in [0.717, 1.165) is 0 Å². The minimum atomic E-state index is -3.70. The Bertz CT molecular complexity index is 559. The summed E-state index contributed by atoms with van der Waals surface area (Å²) in [6, 6.07) is 5.93. The van der Waals surface area contributed by atoms with Crippen LogP contribution in [0.2, 0.25) is 0 Å². The maximum absolute atomic E-state index is 12.0. The number of rotatable bonds is 5. The smallest absolute Gasteiger partial charge is 0.241 e. The topological polar surface area (TPSA) is 84.5 Å². The Morgan fingerprint density at radius 1 is 1.20 bits per heavy atom. The lowest BCUT2D eigenvalue weighted by atomic mass is 10.1. The highest BCUT2D eigenvalue weighted by molar-refractivity contribution is 7.89. The van der Waals surface area contributed by atoms with Gasteiger partial charge < -0.3 is 10.1 Å². The Hall–Kier alpha value is -1.60. The van der Waals surface area contributed by atoms with Crippen molar-refractivity contribution < 1.29 is 17.9 Å². The molecule has 0 saturated heterocycles. The number of ether oxygens (including phenoxy) is 1. The van der Waals surface area contributed by atoms with Crippen LogP contribution in [0.3, 0.4) is 0 Å². The van der Waals surface area contributed by atoms with Crippen LogP contribution >= 0.6 is 0 Å². The summed E-state index contributed by atoms with van der Waals surface area (Å²) in [6.45, 7) is 5.17.